The van der Waals surface area contributed by atoms with E-state index in [4.69, 9.17) is 0 Å². The fourth-order valence-corrected chi connectivity index (χ4v) is 3.24. The summed E-state index contributed by atoms with van der Waals surface area (Å²) in [4.78, 5) is 18.9. The zero-order valence-corrected chi connectivity index (χ0v) is 19.2. The van der Waals surface area contributed by atoms with Crippen molar-refractivity contribution in [1.82, 2.24) is 15.5 Å². The molecule has 1 saturated heterocycles. The van der Waals surface area contributed by atoms with Gasteiger partial charge in [-0.25, -0.2) is 4.99 Å². The van der Waals surface area contributed by atoms with Crippen molar-refractivity contribution in [3.8, 4) is 0 Å². The van der Waals surface area contributed by atoms with E-state index in [1.54, 1.807) is 0 Å². The molecule has 0 aromatic heterocycles. The summed E-state index contributed by atoms with van der Waals surface area (Å²) in [6.07, 6.45) is 4.29. The molecule has 1 atom stereocenters. The minimum atomic E-state index is 0. The molecule has 5 nitrogen and oxygen atoms in total. The van der Waals surface area contributed by atoms with Gasteiger partial charge in [-0.05, 0) is 51.0 Å². The molecule has 2 rings (SSSR count). The van der Waals surface area contributed by atoms with Crippen LogP contribution in [0.25, 0.3) is 0 Å². The van der Waals surface area contributed by atoms with Crippen LogP contribution in [-0.2, 0) is 11.2 Å². The molecule has 1 aliphatic rings. The lowest BCUT2D eigenvalue weighted by Gasteiger charge is -2.32. The second-order valence-electron chi connectivity index (χ2n) is 7.16. The van der Waals surface area contributed by atoms with Gasteiger partial charge in [-0.2, -0.15) is 0 Å². The third-order valence-corrected chi connectivity index (χ3v) is 5.05. The van der Waals surface area contributed by atoms with Gasteiger partial charge in [-0.3, -0.25) is 4.79 Å². The number of guanidine groups is 1. The Hall–Kier alpha value is -1.31. The van der Waals surface area contributed by atoms with Crippen LogP contribution in [-0.4, -0.2) is 49.0 Å². The lowest BCUT2D eigenvalue weighted by atomic mass is 9.90. The van der Waals surface area contributed by atoms with E-state index < -0.39 is 0 Å². The number of likely N-dealkylation sites (tertiary alicyclic amines) is 1. The molecule has 0 aliphatic carbocycles. The van der Waals surface area contributed by atoms with Crippen molar-refractivity contribution in [2.75, 3.05) is 26.2 Å². The average molecular weight is 486 g/mol. The number of amides is 1. The number of rotatable bonds is 7. The van der Waals surface area contributed by atoms with Gasteiger partial charge < -0.3 is 15.5 Å². The van der Waals surface area contributed by atoms with Crippen LogP contribution in [0.3, 0.4) is 0 Å². The minimum Gasteiger partial charge on any atom is -0.357 e. The second kappa shape index (κ2) is 13.0. The Morgan fingerprint density at radius 1 is 1.22 bits per heavy atom. The Morgan fingerprint density at radius 2 is 1.89 bits per heavy atom. The van der Waals surface area contributed by atoms with Gasteiger partial charge in [-0.15, -0.1) is 24.0 Å². The van der Waals surface area contributed by atoms with Gasteiger partial charge in [0.05, 0.1) is 0 Å². The number of halogens is 1. The van der Waals surface area contributed by atoms with Crippen LogP contribution in [0.15, 0.2) is 35.3 Å². The van der Waals surface area contributed by atoms with Crippen LogP contribution >= 0.6 is 24.0 Å². The first-order chi connectivity index (χ1) is 12.6. The molecule has 6 heteroatoms. The first kappa shape index (κ1) is 23.7. The largest absolute Gasteiger partial charge is 0.357 e. The van der Waals surface area contributed by atoms with Gasteiger partial charge in [0.15, 0.2) is 5.96 Å². The maximum Gasteiger partial charge on any atom is 0.244 e. The third-order valence-electron chi connectivity index (χ3n) is 5.05. The van der Waals surface area contributed by atoms with E-state index in [1.165, 1.54) is 5.56 Å². The van der Waals surface area contributed by atoms with Crippen molar-refractivity contribution in [3.05, 3.63) is 35.9 Å². The lowest BCUT2D eigenvalue weighted by Crippen LogP contribution is -2.44. The molecule has 1 unspecified atom stereocenters. The van der Waals surface area contributed by atoms with Crippen LogP contribution in [0.5, 0.6) is 0 Å². The highest BCUT2D eigenvalue weighted by Gasteiger charge is 2.22. The molecule has 1 aliphatic heterocycles. The van der Waals surface area contributed by atoms with Gasteiger partial charge >= 0.3 is 0 Å². The smallest absolute Gasteiger partial charge is 0.244 e. The van der Waals surface area contributed by atoms with Crippen molar-refractivity contribution < 1.29 is 4.79 Å². The Morgan fingerprint density at radius 3 is 2.48 bits per heavy atom. The van der Waals surface area contributed by atoms with E-state index in [1.807, 2.05) is 11.8 Å². The van der Waals surface area contributed by atoms with Crippen molar-refractivity contribution in [3.63, 3.8) is 0 Å². The Labute approximate surface area is 181 Å². The molecule has 0 bridgehead atoms. The Balaban J connectivity index is 0.00000364. The summed E-state index contributed by atoms with van der Waals surface area (Å²) < 4.78 is 0. The SMILES string of the molecule is CCNC(=NCC(=O)N1CCC(Cc2ccccc2)CC1)NC(C)CC.I. The number of hydrogen-bond donors (Lipinski definition) is 2. The van der Waals surface area contributed by atoms with Gasteiger partial charge in [0.1, 0.15) is 6.54 Å². The van der Waals surface area contributed by atoms with Crippen LogP contribution in [0.4, 0.5) is 0 Å². The van der Waals surface area contributed by atoms with E-state index in [9.17, 15) is 4.79 Å². The summed E-state index contributed by atoms with van der Waals surface area (Å²) in [5.74, 6) is 1.54. The number of carbonyl (C=O) groups excluding carboxylic acids is 1. The molecule has 1 fully saturated rings. The number of piperidine rings is 1. The molecule has 1 heterocycles. The molecule has 1 aromatic rings. The number of nitrogens with zero attached hydrogens (tertiary/aromatic N) is 2. The number of hydrogen-bond acceptors (Lipinski definition) is 2. The summed E-state index contributed by atoms with van der Waals surface area (Å²) in [6.45, 7) is 8.99. The first-order valence-electron chi connectivity index (χ1n) is 9.98. The molecule has 27 heavy (non-hydrogen) atoms. The summed E-state index contributed by atoms with van der Waals surface area (Å²) in [5, 5.41) is 6.54. The van der Waals surface area contributed by atoms with Crippen molar-refractivity contribution in [2.45, 2.75) is 52.5 Å². The summed E-state index contributed by atoms with van der Waals surface area (Å²) in [5.41, 5.74) is 1.40. The molecule has 0 radical (unpaired) electrons. The Bertz CT molecular complexity index is 571. The van der Waals surface area contributed by atoms with E-state index >= 15 is 0 Å². The monoisotopic (exact) mass is 486 g/mol. The fraction of sp³-hybridized carbons (Fsp3) is 0.619. The van der Waals surface area contributed by atoms with Crippen molar-refractivity contribution in [1.29, 1.82) is 0 Å². The molecule has 1 amide bonds. The average Bonchev–Trinajstić information content (AvgIpc) is 2.67. The standard InChI is InChI=1S/C21H34N4O.HI/c1-4-17(3)24-21(22-5-2)23-16-20(26)25-13-11-19(12-14-25)15-18-9-7-6-8-10-18;/h6-10,17,19H,4-5,11-16H2,1-3H3,(H2,22,23,24);1H. The van der Waals surface area contributed by atoms with E-state index in [0.29, 0.717) is 12.0 Å². The van der Waals surface area contributed by atoms with Crippen LogP contribution in [0.2, 0.25) is 0 Å². The highest BCUT2D eigenvalue weighted by molar-refractivity contribution is 14.0. The maximum atomic E-state index is 12.5. The van der Waals surface area contributed by atoms with Gasteiger partial charge in [0.25, 0.3) is 0 Å². The van der Waals surface area contributed by atoms with Crippen LogP contribution in [0.1, 0.15) is 45.6 Å². The number of nitrogens with one attached hydrogen (secondary N) is 2. The number of benzene rings is 1. The maximum absolute atomic E-state index is 12.5. The lowest BCUT2D eigenvalue weighted by molar-refractivity contribution is -0.130. The van der Waals surface area contributed by atoms with Gasteiger partial charge in [0.2, 0.25) is 5.91 Å². The second-order valence-corrected chi connectivity index (χ2v) is 7.16. The summed E-state index contributed by atoms with van der Waals surface area (Å²) in [7, 11) is 0. The predicted octanol–water partition coefficient (Wildman–Crippen LogP) is 3.44. The zero-order chi connectivity index (χ0) is 18.8. The van der Waals surface area contributed by atoms with Crippen LogP contribution in [0, 0.1) is 5.92 Å². The molecular formula is C21H35IN4O. The topological polar surface area (TPSA) is 56.7 Å². The van der Waals surface area contributed by atoms with E-state index in [2.05, 4.69) is 59.8 Å². The summed E-state index contributed by atoms with van der Waals surface area (Å²) >= 11 is 0. The van der Waals surface area contributed by atoms with Gasteiger partial charge in [-0.1, -0.05) is 37.3 Å². The van der Waals surface area contributed by atoms with Crippen LogP contribution < -0.4 is 10.6 Å². The Kier molecular flexibility index (Phi) is 11.4. The number of aliphatic imine (C=N–C) groups is 1. The minimum absolute atomic E-state index is 0. The van der Waals surface area contributed by atoms with E-state index in [-0.39, 0.29) is 36.4 Å². The molecule has 2 N–H and O–H groups in total. The highest BCUT2D eigenvalue weighted by Crippen LogP contribution is 2.21. The quantitative estimate of drug-likeness (QED) is 0.353. The normalized spacial score (nSPS) is 16.4. The van der Waals surface area contributed by atoms with E-state index in [0.717, 1.165) is 51.3 Å². The predicted molar refractivity (Wildman–Crippen MR) is 124 cm³/mol. The van der Waals surface area contributed by atoms with Gasteiger partial charge in [0, 0.05) is 25.7 Å². The molecule has 1 aromatic carbocycles. The molecule has 0 spiro atoms. The molecular weight excluding hydrogens is 451 g/mol. The zero-order valence-electron chi connectivity index (χ0n) is 16.9. The highest BCUT2D eigenvalue weighted by atomic mass is 127. The molecule has 152 valence electrons. The number of carbonyl (C=O) groups is 1. The molecule has 0 saturated carbocycles. The third kappa shape index (κ3) is 8.49. The van der Waals surface area contributed by atoms with Crippen molar-refractivity contribution in [2.24, 2.45) is 10.9 Å². The van der Waals surface area contributed by atoms with Crippen molar-refractivity contribution >= 4 is 35.8 Å². The fourth-order valence-electron chi connectivity index (χ4n) is 3.24. The summed E-state index contributed by atoms with van der Waals surface area (Å²) in [6, 6.07) is 11.0. The first-order valence-corrected chi connectivity index (χ1v) is 9.98.